The summed E-state index contributed by atoms with van der Waals surface area (Å²) >= 11 is 0. The first-order valence-electron chi connectivity index (χ1n) is 10.7. The normalized spacial score (nSPS) is 14.1. The minimum atomic E-state index is -4.45. The zero-order valence-electron chi connectivity index (χ0n) is 18.0. The summed E-state index contributed by atoms with van der Waals surface area (Å²) in [6.07, 6.45) is 1.07. The second-order valence-electron chi connectivity index (χ2n) is 8.13. The topological polar surface area (TPSA) is 74.8 Å². The van der Waals surface area contributed by atoms with Crippen molar-refractivity contribution >= 4 is 0 Å². The van der Waals surface area contributed by atoms with Gasteiger partial charge in [-0.3, -0.25) is 19.7 Å². The minimum absolute atomic E-state index is 0.0519. The predicted molar refractivity (Wildman–Crippen MR) is 121 cm³/mol. The average molecular weight is 463 g/mol. The van der Waals surface area contributed by atoms with E-state index in [4.69, 9.17) is 0 Å². The monoisotopic (exact) mass is 463 g/mol. The van der Waals surface area contributed by atoms with Gasteiger partial charge in [0.2, 0.25) is 0 Å². The first-order chi connectivity index (χ1) is 16.4. The lowest BCUT2D eigenvalue weighted by Gasteiger charge is -2.27. The average Bonchev–Trinajstić information content (AvgIpc) is 2.85. The third-order valence-electron chi connectivity index (χ3n) is 5.84. The van der Waals surface area contributed by atoms with E-state index in [0.717, 1.165) is 22.9 Å². The van der Waals surface area contributed by atoms with Crippen LogP contribution in [-0.4, -0.2) is 31.4 Å². The van der Waals surface area contributed by atoms with Crippen molar-refractivity contribution in [3.8, 4) is 22.6 Å². The van der Waals surface area contributed by atoms with Crippen LogP contribution in [-0.2, 0) is 25.7 Å². The van der Waals surface area contributed by atoms with E-state index >= 15 is 0 Å². The Balaban J connectivity index is 1.32. The molecule has 3 aromatic heterocycles. The zero-order valence-corrected chi connectivity index (χ0v) is 18.0. The van der Waals surface area contributed by atoms with Crippen LogP contribution < -0.4 is 5.56 Å². The van der Waals surface area contributed by atoms with E-state index in [9.17, 15) is 18.0 Å². The highest BCUT2D eigenvalue weighted by Crippen LogP contribution is 2.36. The van der Waals surface area contributed by atoms with Crippen LogP contribution in [0.4, 0.5) is 13.2 Å². The fourth-order valence-electron chi connectivity index (χ4n) is 4.15. The molecule has 0 spiro atoms. The molecule has 9 heteroatoms. The molecule has 0 fully saturated rings. The molecule has 4 heterocycles. The fourth-order valence-corrected chi connectivity index (χ4v) is 4.15. The van der Waals surface area contributed by atoms with Crippen LogP contribution in [0, 0.1) is 0 Å². The molecule has 172 valence electrons. The van der Waals surface area contributed by atoms with Gasteiger partial charge in [-0.05, 0) is 29.8 Å². The first-order valence-corrected chi connectivity index (χ1v) is 10.7. The molecular weight excluding hydrogens is 443 g/mol. The molecular formula is C25H20F3N5O. The molecule has 0 saturated carbocycles. The molecule has 1 aliphatic rings. The number of nitrogens with zero attached hydrogens (tertiary/aromatic N) is 4. The highest BCUT2D eigenvalue weighted by Gasteiger charge is 2.33. The Morgan fingerprint density at radius 1 is 1.03 bits per heavy atom. The van der Waals surface area contributed by atoms with Gasteiger partial charge in [0.1, 0.15) is 5.82 Å². The van der Waals surface area contributed by atoms with Crippen LogP contribution in [0.15, 0.2) is 71.9 Å². The number of fused-ring (bicyclic) bond motifs is 1. The van der Waals surface area contributed by atoms with Crippen molar-refractivity contribution in [2.75, 3.05) is 6.54 Å². The summed E-state index contributed by atoms with van der Waals surface area (Å²) in [5.74, 6) is 0.526. The molecule has 1 aromatic carbocycles. The molecule has 5 rings (SSSR count). The van der Waals surface area contributed by atoms with Crippen molar-refractivity contribution in [1.29, 1.82) is 0 Å². The number of pyridine rings is 2. The van der Waals surface area contributed by atoms with E-state index in [2.05, 4.69) is 24.8 Å². The number of halogens is 3. The molecule has 0 saturated heterocycles. The summed E-state index contributed by atoms with van der Waals surface area (Å²) in [4.78, 5) is 30.6. The largest absolute Gasteiger partial charge is 0.417 e. The maximum Gasteiger partial charge on any atom is 0.417 e. The van der Waals surface area contributed by atoms with Crippen molar-refractivity contribution in [2.45, 2.75) is 25.7 Å². The quantitative estimate of drug-likeness (QED) is 0.483. The summed E-state index contributed by atoms with van der Waals surface area (Å²) in [5.41, 5.74) is 2.52. The van der Waals surface area contributed by atoms with Gasteiger partial charge in [0, 0.05) is 55.8 Å². The molecule has 1 aliphatic heterocycles. The van der Waals surface area contributed by atoms with Crippen LogP contribution in [0.5, 0.6) is 0 Å². The number of hydrogen-bond acceptors (Lipinski definition) is 5. The number of rotatable bonds is 4. The Hall–Kier alpha value is -3.85. The number of nitrogens with one attached hydrogen (secondary N) is 1. The van der Waals surface area contributed by atoms with Crippen LogP contribution >= 0.6 is 0 Å². The summed E-state index contributed by atoms with van der Waals surface area (Å²) in [7, 11) is 0. The standard InChI is InChI=1S/C25H20F3N5O/c26-25(27,28)20-4-2-1-3-18(20)21-6-5-16(13-30-21)14-33-12-9-22-19(15-33)24(34)32-23(31-22)17-7-10-29-11-8-17/h1-8,10-11,13H,9,12,14-15H2,(H,31,32,34). The van der Waals surface area contributed by atoms with E-state index in [-0.39, 0.29) is 16.8 Å². The number of alkyl halides is 3. The fraction of sp³-hybridized carbons (Fsp3) is 0.200. The van der Waals surface area contributed by atoms with E-state index < -0.39 is 11.7 Å². The van der Waals surface area contributed by atoms with E-state index in [1.54, 1.807) is 48.9 Å². The van der Waals surface area contributed by atoms with Gasteiger partial charge in [-0.1, -0.05) is 24.3 Å². The van der Waals surface area contributed by atoms with Gasteiger partial charge in [0.15, 0.2) is 0 Å². The zero-order chi connectivity index (χ0) is 23.7. The summed E-state index contributed by atoms with van der Waals surface area (Å²) in [6.45, 7) is 1.67. The van der Waals surface area contributed by atoms with Crippen LogP contribution in [0.2, 0.25) is 0 Å². The summed E-state index contributed by atoms with van der Waals surface area (Å²) < 4.78 is 40.0. The molecule has 1 N–H and O–H groups in total. The van der Waals surface area contributed by atoms with E-state index in [0.29, 0.717) is 37.4 Å². The summed E-state index contributed by atoms with van der Waals surface area (Å²) in [6, 6.07) is 12.4. The lowest BCUT2D eigenvalue weighted by Crippen LogP contribution is -2.35. The van der Waals surface area contributed by atoms with Gasteiger partial charge in [0.05, 0.1) is 22.5 Å². The molecule has 0 unspecified atom stereocenters. The van der Waals surface area contributed by atoms with Gasteiger partial charge in [-0.2, -0.15) is 13.2 Å². The number of aromatic amines is 1. The number of hydrogen-bond donors (Lipinski definition) is 1. The Labute approximate surface area is 193 Å². The van der Waals surface area contributed by atoms with Gasteiger partial charge < -0.3 is 4.98 Å². The maximum atomic E-state index is 13.3. The van der Waals surface area contributed by atoms with Crippen molar-refractivity contribution in [1.82, 2.24) is 24.8 Å². The molecule has 4 aromatic rings. The Morgan fingerprint density at radius 3 is 2.56 bits per heavy atom. The van der Waals surface area contributed by atoms with Gasteiger partial charge >= 0.3 is 6.18 Å². The van der Waals surface area contributed by atoms with Gasteiger partial charge in [0.25, 0.3) is 5.56 Å². The lowest BCUT2D eigenvalue weighted by atomic mass is 10.0. The Kier molecular flexibility index (Phi) is 5.70. The first kappa shape index (κ1) is 22.0. The molecule has 0 aliphatic carbocycles. The minimum Gasteiger partial charge on any atom is -0.306 e. The maximum absolute atomic E-state index is 13.3. The van der Waals surface area contributed by atoms with Crippen molar-refractivity contribution in [2.24, 2.45) is 0 Å². The number of benzene rings is 1. The molecule has 0 atom stereocenters. The highest BCUT2D eigenvalue weighted by molar-refractivity contribution is 5.64. The molecule has 0 bridgehead atoms. The second kappa shape index (κ2) is 8.83. The van der Waals surface area contributed by atoms with Crippen LogP contribution in [0.25, 0.3) is 22.6 Å². The third-order valence-corrected chi connectivity index (χ3v) is 5.84. The van der Waals surface area contributed by atoms with Gasteiger partial charge in [-0.15, -0.1) is 0 Å². The van der Waals surface area contributed by atoms with Gasteiger partial charge in [-0.25, -0.2) is 4.98 Å². The Bertz CT molecular complexity index is 1370. The van der Waals surface area contributed by atoms with E-state index in [1.165, 1.54) is 12.1 Å². The molecule has 6 nitrogen and oxygen atoms in total. The van der Waals surface area contributed by atoms with E-state index in [1.807, 2.05) is 0 Å². The highest BCUT2D eigenvalue weighted by atomic mass is 19.4. The van der Waals surface area contributed by atoms with Crippen molar-refractivity contribution in [3.63, 3.8) is 0 Å². The van der Waals surface area contributed by atoms with Crippen LogP contribution in [0.3, 0.4) is 0 Å². The number of H-pyrrole nitrogens is 1. The lowest BCUT2D eigenvalue weighted by molar-refractivity contribution is -0.137. The summed E-state index contributed by atoms with van der Waals surface area (Å²) in [5, 5.41) is 0. The molecule has 34 heavy (non-hydrogen) atoms. The SMILES string of the molecule is O=c1[nH]c(-c2ccncc2)nc2c1CN(Cc1ccc(-c3ccccc3C(F)(F)F)nc1)CC2. The molecule has 0 radical (unpaired) electrons. The third kappa shape index (κ3) is 4.47. The smallest absolute Gasteiger partial charge is 0.306 e. The van der Waals surface area contributed by atoms with Crippen LogP contribution in [0.1, 0.15) is 22.4 Å². The molecule has 0 amide bonds. The number of aromatic nitrogens is 4. The second-order valence-corrected chi connectivity index (χ2v) is 8.13. The Morgan fingerprint density at radius 2 is 1.82 bits per heavy atom. The predicted octanol–water partition coefficient (Wildman–Crippen LogP) is 4.47. The van der Waals surface area contributed by atoms with Crippen molar-refractivity contribution < 1.29 is 13.2 Å². The van der Waals surface area contributed by atoms with Crippen molar-refractivity contribution in [3.05, 3.63) is 99.9 Å².